The maximum Gasteiger partial charge on any atom is 0.119 e. The lowest BCUT2D eigenvalue weighted by atomic mass is 10.3. The number of aliphatic hydroxyl groups is 2. The fourth-order valence-electron chi connectivity index (χ4n) is 2.04. The maximum atomic E-state index is 9.06. The van der Waals surface area contributed by atoms with Crippen molar-refractivity contribution in [1.29, 1.82) is 0 Å². The second kappa shape index (κ2) is 24.8. The molecule has 0 aliphatic rings. The number of benzene rings is 2. The van der Waals surface area contributed by atoms with Gasteiger partial charge < -0.3 is 49.2 Å². The van der Waals surface area contributed by atoms with Gasteiger partial charge in [-0.25, -0.2) is 0 Å². The first-order valence-electron chi connectivity index (χ1n) is 11.0. The molecule has 2 rings (SSSR count). The number of aliphatic hydroxyl groups excluding tert-OH is 2. The van der Waals surface area contributed by atoms with Crippen LogP contribution in [0, 0.1) is 0 Å². The van der Waals surface area contributed by atoms with Crippen LogP contribution in [0.15, 0.2) is 48.5 Å². The van der Waals surface area contributed by atoms with Crippen LogP contribution in [-0.2, 0) is 18.9 Å². The summed E-state index contributed by atoms with van der Waals surface area (Å²) in [6.45, 7) is 4.33. The molecule has 0 saturated heterocycles. The standard InChI is InChI=1S/C12H18O5.C6H13ClO3.C6H6O2/c13-5-6-15-7-8-16-9-10-17-12-3-1-11(14)2-4-12;7-1-3-9-5-6-10-4-2-8;7-5-1-2-6(8)4-3-5/h1-4,13-14H,5-10H2;8H,1-6H2;1-4,7-8H. The Balaban J connectivity index is 0.000000544. The van der Waals surface area contributed by atoms with Gasteiger partial charge in [0.15, 0.2) is 0 Å². The zero-order valence-electron chi connectivity index (χ0n) is 19.8. The van der Waals surface area contributed by atoms with Gasteiger partial charge in [0.2, 0.25) is 0 Å². The van der Waals surface area contributed by atoms with E-state index in [1.807, 2.05) is 0 Å². The Labute approximate surface area is 211 Å². The number of ether oxygens (including phenoxy) is 5. The van der Waals surface area contributed by atoms with Crippen molar-refractivity contribution in [3.8, 4) is 23.0 Å². The number of phenols is 3. The van der Waals surface area contributed by atoms with Crippen molar-refractivity contribution in [3.63, 3.8) is 0 Å². The average Bonchev–Trinajstić information content (AvgIpc) is 2.87. The van der Waals surface area contributed by atoms with E-state index in [2.05, 4.69) is 0 Å². The van der Waals surface area contributed by atoms with Gasteiger partial charge in [-0.15, -0.1) is 11.6 Å². The van der Waals surface area contributed by atoms with Gasteiger partial charge in [-0.1, -0.05) is 0 Å². The number of hydrogen-bond acceptors (Lipinski definition) is 10. The van der Waals surface area contributed by atoms with Gasteiger partial charge in [-0.3, -0.25) is 0 Å². The fourth-order valence-corrected chi connectivity index (χ4v) is 2.15. The monoisotopic (exact) mass is 520 g/mol. The predicted molar refractivity (Wildman–Crippen MR) is 132 cm³/mol. The van der Waals surface area contributed by atoms with Crippen LogP contribution in [0.4, 0.5) is 0 Å². The molecule has 0 amide bonds. The molecule has 0 heterocycles. The van der Waals surface area contributed by atoms with Crippen molar-refractivity contribution in [1.82, 2.24) is 0 Å². The topological polar surface area (TPSA) is 147 Å². The van der Waals surface area contributed by atoms with Crippen LogP contribution in [0.25, 0.3) is 0 Å². The summed E-state index contributed by atoms with van der Waals surface area (Å²) in [4.78, 5) is 0. The molecule has 0 spiro atoms. The van der Waals surface area contributed by atoms with Gasteiger partial charge in [0, 0.05) is 5.88 Å². The quantitative estimate of drug-likeness (QED) is 0.127. The van der Waals surface area contributed by atoms with Crippen LogP contribution >= 0.6 is 11.6 Å². The SMILES string of the molecule is OCCOCCOCCCl.OCCOCCOCCOc1ccc(O)cc1.Oc1ccc(O)cc1. The van der Waals surface area contributed by atoms with E-state index in [1.165, 1.54) is 24.3 Å². The van der Waals surface area contributed by atoms with Crippen molar-refractivity contribution < 1.29 is 49.2 Å². The molecule has 0 saturated carbocycles. The van der Waals surface area contributed by atoms with E-state index in [1.54, 1.807) is 24.3 Å². The lowest BCUT2D eigenvalue weighted by Crippen LogP contribution is -2.11. The Hall–Kier alpha value is -2.31. The highest BCUT2D eigenvalue weighted by Crippen LogP contribution is 2.15. The Bertz CT molecular complexity index is 657. The fraction of sp³-hybridized carbons (Fsp3) is 0.500. The largest absolute Gasteiger partial charge is 0.508 e. The second-order valence-electron chi connectivity index (χ2n) is 6.44. The lowest BCUT2D eigenvalue weighted by Gasteiger charge is -2.07. The van der Waals surface area contributed by atoms with Gasteiger partial charge in [0.25, 0.3) is 0 Å². The molecule has 5 N–H and O–H groups in total. The van der Waals surface area contributed by atoms with Gasteiger partial charge in [0.1, 0.15) is 29.6 Å². The molecule has 0 fully saturated rings. The van der Waals surface area contributed by atoms with Gasteiger partial charge >= 0.3 is 0 Å². The van der Waals surface area contributed by atoms with Crippen LogP contribution < -0.4 is 4.74 Å². The molecule has 2 aromatic rings. The Morgan fingerprint density at radius 1 is 0.486 bits per heavy atom. The summed E-state index contributed by atoms with van der Waals surface area (Å²) in [5.41, 5.74) is 0. The Morgan fingerprint density at radius 2 is 0.829 bits per heavy atom. The first kappa shape index (κ1) is 32.7. The van der Waals surface area contributed by atoms with Crippen molar-refractivity contribution in [3.05, 3.63) is 48.5 Å². The Morgan fingerprint density at radius 3 is 1.23 bits per heavy atom. The number of halogens is 1. The maximum absolute atomic E-state index is 9.06. The molecule has 0 aliphatic heterocycles. The zero-order valence-corrected chi connectivity index (χ0v) is 20.5. The highest BCUT2D eigenvalue weighted by molar-refractivity contribution is 6.17. The van der Waals surface area contributed by atoms with Crippen molar-refractivity contribution in [2.75, 3.05) is 78.6 Å². The third kappa shape index (κ3) is 23.2. The minimum Gasteiger partial charge on any atom is -0.508 e. The van der Waals surface area contributed by atoms with E-state index >= 15 is 0 Å². The van der Waals surface area contributed by atoms with Crippen LogP contribution in [0.3, 0.4) is 0 Å². The van der Waals surface area contributed by atoms with Crippen LogP contribution in [0.5, 0.6) is 23.0 Å². The normalized spacial score (nSPS) is 10.0. The molecule has 11 heteroatoms. The van der Waals surface area contributed by atoms with Crippen LogP contribution in [0.1, 0.15) is 0 Å². The van der Waals surface area contributed by atoms with E-state index < -0.39 is 0 Å². The Kier molecular flexibility index (Phi) is 23.2. The van der Waals surface area contributed by atoms with Crippen molar-refractivity contribution >= 4 is 11.6 Å². The summed E-state index contributed by atoms with van der Waals surface area (Å²) in [6.07, 6.45) is 0. The molecule has 200 valence electrons. The second-order valence-corrected chi connectivity index (χ2v) is 6.82. The van der Waals surface area contributed by atoms with Crippen LogP contribution in [0.2, 0.25) is 0 Å². The molecule has 10 nitrogen and oxygen atoms in total. The summed E-state index contributed by atoms with van der Waals surface area (Å²) < 4.78 is 25.5. The third-order valence-electron chi connectivity index (χ3n) is 3.62. The van der Waals surface area contributed by atoms with E-state index in [-0.39, 0.29) is 30.5 Å². The molecule has 0 aromatic heterocycles. The number of phenolic OH excluding ortho intramolecular Hbond substituents is 3. The van der Waals surface area contributed by atoms with Crippen molar-refractivity contribution in [2.24, 2.45) is 0 Å². The lowest BCUT2D eigenvalue weighted by molar-refractivity contribution is 0.0247. The summed E-state index contributed by atoms with van der Waals surface area (Å²) in [7, 11) is 0. The minimum absolute atomic E-state index is 0.0317. The highest BCUT2D eigenvalue weighted by Gasteiger charge is 1.94. The summed E-state index contributed by atoms with van der Waals surface area (Å²) >= 11 is 5.34. The molecule has 0 unspecified atom stereocenters. The molecule has 0 aliphatic carbocycles. The van der Waals surface area contributed by atoms with Gasteiger partial charge in [-0.2, -0.15) is 0 Å². The molecule has 0 radical (unpaired) electrons. The number of rotatable bonds is 16. The van der Waals surface area contributed by atoms with E-state index in [9.17, 15) is 0 Å². The molecule has 0 atom stereocenters. The van der Waals surface area contributed by atoms with E-state index in [0.29, 0.717) is 71.1 Å². The third-order valence-corrected chi connectivity index (χ3v) is 3.77. The van der Waals surface area contributed by atoms with E-state index in [4.69, 9.17) is 60.8 Å². The first-order valence-corrected chi connectivity index (χ1v) is 11.5. The highest BCUT2D eigenvalue weighted by atomic mass is 35.5. The molecule has 2 aromatic carbocycles. The van der Waals surface area contributed by atoms with E-state index in [0.717, 1.165) is 0 Å². The van der Waals surface area contributed by atoms with Crippen molar-refractivity contribution in [2.45, 2.75) is 0 Å². The summed E-state index contributed by atoms with van der Waals surface area (Å²) in [5, 5.41) is 43.1. The molecule has 0 bridgehead atoms. The minimum atomic E-state index is 0.0317. The summed E-state index contributed by atoms with van der Waals surface area (Å²) in [6, 6.07) is 12.2. The van der Waals surface area contributed by atoms with Crippen LogP contribution in [-0.4, -0.2) is 104 Å². The number of alkyl halides is 1. The molecular weight excluding hydrogens is 484 g/mol. The zero-order chi connectivity index (χ0) is 26.0. The first-order chi connectivity index (χ1) is 17.0. The van der Waals surface area contributed by atoms with Gasteiger partial charge in [-0.05, 0) is 48.5 Å². The summed E-state index contributed by atoms with van der Waals surface area (Å²) in [5.74, 6) is 1.77. The molecular formula is C24H37ClO10. The predicted octanol–water partition coefficient (Wildman–Crippen LogP) is 2.14. The number of aromatic hydroxyl groups is 3. The number of hydrogen-bond donors (Lipinski definition) is 5. The smallest absolute Gasteiger partial charge is 0.119 e. The van der Waals surface area contributed by atoms with Gasteiger partial charge in [0.05, 0.1) is 66.1 Å². The average molecular weight is 521 g/mol. The molecule has 35 heavy (non-hydrogen) atoms.